The summed E-state index contributed by atoms with van der Waals surface area (Å²) in [6.07, 6.45) is -0.0857. The van der Waals surface area contributed by atoms with Crippen LogP contribution >= 0.6 is 0 Å². The molecule has 23 heavy (non-hydrogen) atoms. The molecular formula is C17H19FNNaO3. The predicted molar refractivity (Wildman–Crippen MR) is 79.4 cm³/mol. The van der Waals surface area contributed by atoms with Gasteiger partial charge in [0.05, 0.1) is 6.54 Å². The zero-order chi connectivity index (χ0) is 16.3. The molecule has 2 rings (SSSR count). The van der Waals surface area contributed by atoms with Crippen LogP contribution in [0.1, 0.15) is 31.6 Å². The average molecular weight is 327 g/mol. The van der Waals surface area contributed by atoms with E-state index < -0.39 is 11.5 Å². The fraction of sp³-hybridized carbons (Fsp3) is 0.353. The molecule has 0 atom stereocenters. The third-order valence-corrected chi connectivity index (χ3v) is 3.44. The van der Waals surface area contributed by atoms with Gasteiger partial charge >= 0.3 is 29.6 Å². The second kappa shape index (κ2) is 8.11. The van der Waals surface area contributed by atoms with Crippen LogP contribution in [0.4, 0.5) is 4.39 Å². The molecule has 4 nitrogen and oxygen atoms in total. The van der Waals surface area contributed by atoms with Crippen LogP contribution in [0.3, 0.4) is 0 Å². The summed E-state index contributed by atoms with van der Waals surface area (Å²) in [5.41, 5.74) is 1.05. The number of carbonyl (C=O) groups excluding carboxylic acids is 1. The molecule has 118 valence electrons. The van der Waals surface area contributed by atoms with Crippen LogP contribution in [0, 0.1) is 12.7 Å². The van der Waals surface area contributed by atoms with Crippen molar-refractivity contribution < 1.29 is 48.3 Å². The molecule has 1 heterocycles. The number of aryl methyl sites for hydroxylation is 1. The first-order chi connectivity index (χ1) is 10.3. The normalized spacial score (nSPS) is 11.1. The molecule has 6 heteroatoms. The molecule has 0 amide bonds. The first-order valence-electron chi connectivity index (χ1n) is 7.07. The van der Waals surface area contributed by atoms with Gasteiger partial charge in [-0.25, -0.2) is 4.39 Å². The number of carboxylic acids is 1. The zero-order valence-electron chi connectivity index (χ0n) is 13.9. The van der Waals surface area contributed by atoms with Crippen molar-refractivity contribution >= 4 is 5.97 Å². The molecule has 1 aromatic carbocycles. The fourth-order valence-corrected chi connectivity index (χ4v) is 2.27. The van der Waals surface area contributed by atoms with Crippen molar-refractivity contribution in [2.24, 2.45) is 0 Å². The van der Waals surface area contributed by atoms with E-state index in [0.29, 0.717) is 18.1 Å². The Morgan fingerprint density at radius 1 is 1.30 bits per heavy atom. The molecule has 0 aliphatic carbocycles. The summed E-state index contributed by atoms with van der Waals surface area (Å²) in [6, 6.07) is 8.18. The number of aliphatic carboxylic acids is 1. The summed E-state index contributed by atoms with van der Waals surface area (Å²) in [4.78, 5) is 10.7. The smallest absolute Gasteiger partial charge is 0.550 e. The third kappa shape index (κ3) is 5.77. The van der Waals surface area contributed by atoms with Crippen LogP contribution < -0.4 is 40.0 Å². The Morgan fingerprint density at radius 2 is 2.00 bits per heavy atom. The van der Waals surface area contributed by atoms with E-state index >= 15 is 0 Å². The van der Waals surface area contributed by atoms with E-state index in [4.69, 9.17) is 4.42 Å². The van der Waals surface area contributed by atoms with Crippen molar-refractivity contribution in [1.29, 1.82) is 0 Å². The Bertz CT molecular complexity index is 682. The summed E-state index contributed by atoms with van der Waals surface area (Å²) < 4.78 is 18.9. The second-order valence-electron chi connectivity index (χ2n) is 6.01. The Labute approximate surface area is 157 Å². The number of benzene rings is 1. The van der Waals surface area contributed by atoms with E-state index in [-0.39, 0.29) is 41.8 Å². The van der Waals surface area contributed by atoms with Gasteiger partial charge in [-0.15, -0.1) is 0 Å². The Hall–Kier alpha value is -1.14. The zero-order valence-corrected chi connectivity index (χ0v) is 15.9. The van der Waals surface area contributed by atoms with E-state index in [0.717, 1.165) is 11.1 Å². The standard InChI is InChI=1S/C17H20FNO3.Na/c1-11-8-12(18)4-6-14(11)15-7-5-13(22-15)10-19-17(2,3)9-16(20)21;/h4-8,19H,9-10H2,1-3H3,(H,20,21);/q;+1/p-1. The van der Waals surface area contributed by atoms with Crippen molar-refractivity contribution in [3.63, 3.8) is 0 Å². The number of carbonyl (C=O) groups is 1. The van der Waals surface area contributed by atoms with Crippen molar-refractivity contribution in [3.8, 4) is 11.3 Å². The summed E-state index contributed by atoms with van der Waals surface area (Å²) in [5.74, 6) is -0.0320. The Morgan fingerprint density at radius 3 is 2.61 bits per heavy atom. The molecule has 0 radical (unpaired) electrons. The molecule has 2 aromatic rings. The summed E-state index contributed by atoms with van der Waals surface area (Å²) in [6.45, 7) is 5.80. The molecule has 0 saturated carbocycles. The van der Waals surface area contributed by atoms with Gasteiger partial charge in [-0.2, -0.15) is 0 Å². The Kier molecular flexibility index (Phi) is 7.02. The van der Waals surface area contributed by atoms with Gasteiger partial charge in [0, 0.05) is 23.5 Å². The number of nitrogens with one attached hydrogen (secondary N) is 1. The van der Waals surface area contributed by atoms with Crippen LogP contribution in [-0.4, -0.2) is 11.5 Å². The molecule has 0 bridgehead atoms. The first-order valence-corrected chi connectivity index (χ1v) is 7.07. The number of rotatable bonds is 6. The fourth-order valence-electron chi connectivity index (χ4n) is 2.27. The van der Waals surface area contributed by atoms with Gasteiger partial charge in [-0.1, -0.05) is 0 Å². The minimum atomic E-state index is -1.10. The predicted octanol–water partition coefficient (Wildman–Crippen LogP) is -0.594. The minimum absolute atomic E-state index is 0. The largest absolute Gasteiger partial charge is 1.00 e. The van der Waals surface area contributed by atoms with E-state index in [1.807, 2.05) is 19.1 Å². The van der Waals surface area contributed by atoms with Crippen molar-refractivity contribution in [2.75, 3.05) is 0 Å². The average Bonchev–Trinajstić information content (AvgIpc) is 2.83. The van der Waals surface area contributed by atoms with E-state index in [2.05, 4.69) is 5.32 Å². The van der Waals surface area contributed by atoms with Gasteiger partial charge in [0.1, 0.15) is 17.3 Å². The SMILES string of the molecule is Cc1cc(F)ccc1-c1ccc(CNC(C)(C)CC(=O)[O-])o1.[Na+]. The van der Waals surface area contributed by atoms with Gasteiger partial charge in [0.25, 0.3) is 0 Å². The number of carboxylic acid groups (broad SMARTS) is 1. The van der Waals surface area contributed by atoms with E-state index in [9.17, 15) is 14.3 Å². The van der Waals surface area contributed by atoms with Gasteiger partial charge in [-0.3, -0.25) is 0 Å². The molecule has 0 fully saturated rings. The maximum atomic E-state index is 13.1. The molecular weight excluding hydrogens is 308 g/mol. The second-order valence-corrected chi connectivity index (χ2v) is 6.01. The van der Waals surface area contributed by atoms with Gasteiger partial charge in [0.15, 0.2) is 0 Å². The van der Waals surface area contributed by atoms with Crippen molar-refractivity contribution in [1.82, 2.24) is 5.32 Å². The molecule has 0 spiro atoms. The van der Waals surface area contributed by atoms with Gasteiger partial charge in [0.2, 0.25) is 0 Å². The Balaban J connectivity index is 0.00000264. The van der Waals surface area contributed by atoms with E-state index in [1.54, 1.807) is 19.9 Å². The summed E-state index contributed by atoms with van der Waals surface area (Å²) in [7, 11) is 0. The first kappa shape index (κ1) is 19.9. The quantitative estimate of drug-likeness (QED) is 0.720. The van der Waals surface area contributed by atoms with Crippen molar-refractivity contribution in [2.45, 2.75) is 39.3 Å². The van der Waals surface area contributed by atoms with Crippen molar-refractivity contribution in [3.05, 3.63) is 47.5 Å². The van der Waals surface area contributed by atoms with E-state index in [1.165, 1.54) is 12.1 Å². The van der Waals surface area contributed by atoms with Crippen LogP contribution in [-0.2, 0) is 11.3 Å². The molecule has 0 saturated heterocycles. The van der Waals surface area contributed by atoms with Gasteiger partial charge in [-0.05, 0) is 56.7 Å². The minimum Gasteiger partial charge on any atom is -0.550 e. The van der Waals surface area contributed by atoms with Gasteiger partial charge < -0.3 is 19.6 Å². The number of furan rings is 1. The van der Waals surface area contributed by atoms with Crippen LogP contribution in [0.15, 0.2) is 34.7 Å². The molecule has 1 N–H and O–H groups in total. The monoisotopic (exact) mass is 327 g/mol. The van der Waals surface area contributed by atoms with Crippen LogP contribution in [0.25, 0.3) is 11.3 Å². The topological polar surface area (TPSA) is 65.3 Å². The molecule has 1 aromatic heterocycles. The maximum Gasteiger partial charge on any atom is 1.00 e. The number of hydrogen-bond acceptors (Lipinski definition) is 4. The third-order valence-electron chi connectivity index (χ3n) is 3.44. The number of hydrogen-bond donors (Lipinski definition) is 1. The molecule has 0 aliphatic heterocycles. The molecule has 0 aliphatic rings. The maximum absolute atomic E-state index is 13.1. The van der Waals surface area contributed by atoms with Crippen LogP contribution in [0.2, 0.25) is 0 Å². The van der Waals surface area contributed by atoms with Crippen LogP contribution in [0.5, 0.6) is 0 Å². The summed E-state index contributed by atoms with van der Waals surface area (Å²) >= 11 is 0. The summed E-state index contributed by atoms with van der Waals surface area (Å²) in [5, 5.41) is 13.8. The molecule has 0 unspecified atom stereocenters. The number of halogens is 1.